The van der Waals surface area contributed by atoms with Crippen molar-refractivity contribution >= 4 is 0 Å². The number of quaternary nitrogens is 1. The quantitative estimate of drug-likeness (QED) is 0.419. The molecule has 0 N–H and O–H groups in total. The molecule has 0 bridgehead atoms. The topological polar surface area (TPSA) is 18.5 Å². The van der Waals surface area contributed by atoms with Crippen LogP contribution in [0.3, 0.4) is 0 Å². The van der Waals surface area contributed by atoms with Crippen LogP contribution in [0.25, 0.3) is 0 Å². The predicted molar refractivity (Wildman–Crippen MR) is 108 cm³/mol. The van der Waals surface area contributed by atoms with Crippen molar-refractivity contribution in [2.24, 2.45) is 5.92 Å². The molecule has 0 aromatic heterocycles. The molecule has 3 nitrogen and oxygen atoms in total. The van der Waals surface area contributed by atoms with Crippen molar-refractivity contribution in [2.75, 3.05) is 40.5 Å². The fourth-order valence-corrected chi connectivity index (χ4v) is 3.24. The number of hydrogen-bond acceptors (Lipinski definition) is 2. The molecule has 0 amide bonds. The van der Waals surface area contributed by atoms with Gasteiger partial charge in [0.05, 0.1) is 27.3 Å². The van der Waals surface area contributed by atoms with E-state index in [1.165, 1.54) is 12.0 Å². The van der Waals surface area contributed by atoms with E-state index in [1.54, 1.807) is 0 Å². The third-order valence-corrected chi connectivity index (χ3v) is 4.77. The summed E-state index contributed by atoms with van der Waals surface area (Å²) in [6.07, 6.45) is 1.17. The molecule has 0 fully saturated rings. The molecule has 0 heterocycles. The Balaban J connectivity index is 1.79. The first-order valence-corrected chi connectivity index (χ1v) is 9.62. The first-order chi connectivity index (χ1) is 12.5. The summed E-state index contributed by atoms with van der Waals surface area (Å²) < 4.78 is 12.5. The Bertz CT molecular complexity index is 611. The Kier molecular flexibility index (Phi) is 8.14. The van der Waals surface area contributed by atoms with Crippen LogP contribution in [0, 0.1) is 5.92 Å². The second-order valence-electron chi connectivity index (χ2n) is 7.83. The summed E-state index contributed by atoms with van der Waals surface area (Å²) in [5, 5.41) is 0. The normalized spacial score (nSPS) is 13.0. The smallest absolute Gasteiger partial charge is 0.119 e. The Morgan fingerprint density at radius 3 is 2.04 bits per heavy atom. The summed E-state index contributed by atoms with van der Waals surface area (Å²) in [5.74, 6) is 1.56. The van der Waals surface area contributed by atoms with Gasteiger partial charge >= 0.3 is 0 Å². The van der Waals surface area contributed by atoms with Gasteiger partial charge < -0.3 is 14.0 Å². The number of benzene rings is 2. The fraction of sp³-hybridized carbons (Fsp3) is 0.478. The zero-order valence-electron chi connectivity index (χ0n) is 16.7. The molecule has 2 aromatic carbocycles. The van der Waals surface area contributed by atoms with Crippen LogP contribution in [0.15, 0.2) is 60.7 Å². The van der Waals surface area contributed by atoms with E-state index in [9.17, 15) is 0 Å². The Labute approximate surface area is 159 Å². The standard InChI is InChI=1S/C23H34NO2/c1-20(2)19-23(21-11-7-5-8-12-21)24(3,4)15-16-25-17-18-26-22-13-9-6-10-14-22/h5-14,20,23H,15-19H2,1-4H3/q+1. The number of hydrogen-bond donors (Lipinski definition) is 0. The maximum absolute atomic E-state index is 5.84. The first-order valence-electron chi connectivity index (χ1n) is 9.62. The van der Waals surface area contributed by atoms with Crippen LogP contribution in [0.1, 0.15) is 31.9 Å². The molecule has 2 rings (SSSR count). The van der Waals surface area contributed by atoms with Crippen molar-refractivity contribution in [3.8, 4) is 5.75 Å². The van der Waals surface area contributed by atoms with Gasteiger partial charge in [0.25, 0.3) is 0 Å². The lowest BCUT2D eigenvalue weighted by molar-refractivity contribution is -0.922. The number of likely N-dealkylation sites (N-methyl/N-ethyl adjacent to an activating group) is 1. The van der Waals surface area contributed by atoms with Gasteiger partial charge in [0.1, 0.15) is 24.9 Å². The van der Waals surface area contributed by atoms with E-state index >= 15 is 0 Å². The van der Waals surface area contributed by atoms with Gasteiger partial charge in [0.15, 0.2) is 0 Å². The molecule has 2 aromatic rings. The van der Waals surface area contributed by atoms with Crippen molar-refractivity contribution in [2.45, 2.75) is 26.3 Å². The molecular formula is C23H34NO2+. The van der Waals surface area contributed by atoms with Crippen LogP contribution in [0.4, 0.5) is 0 Å². The molecule has 26 heavy (non-hydrogen) atoms. The van der Waals surface area contributed by atoms with Crippen LogP contribution < -0.4 is 4.74 Å². The minimum absolute atomic E-state index is 0.486. The van der Waals surface area contributed by atoms with Gasteiger partial charge in [-0.3, -0.25) is 0 Å². The molecule has 0 saturated heterocycles. The lowest BCUT2D eigenvalue weighted by atomic mass is 9.94. The number of ether oxygens (including phenoxy) is 2. The molecule has 0 saturated carbocycles. The van der Waals surface area contributed by atoms with E-state index in [2.05, 4.69) is 58.3 Å². The molecule has 1 unspecified atom stereocenters. The predicted octanol–water partition coefficient (Wildman–Crippen LogP) is 4.95. The first kappa shape index (κ1) is 20.5. The average Bonchev–Trinajstić information content (AvgIpc) is 2.64. The third-order valence-electron chi connectivity index (χ3n) is 4.77. The monoisotopic (exact) mass is 356 g/mol. The van der Waals surface area contributed by atoms with E-state index in [-0.39, 0.29) is 0 Å². The zero-order valence-corrected chi connectivity index (χ0v) is 16.7. The third kappa shape index (κ3) is 6.81. The molecule has 0 aliphatic carbocycles. The van der Waals surface area contributed by atoms with Gasteiger partial charge in [-0.1, -0.05) is 62.4 Å². The zero-order chi connectivity index (χ0) is 18.8. The van der Waals surface area contributed by atoms with Gasteiger partial charge in [-0.05, 0) is 18.1 Å². The van der Waals surface area contributed by atoms with E-state index in [0.717, 1.165) is 23.4 Å². The minimum atomic E-state index is 0.486. The SMILES string of the molecule is CC(C)CC(c1ccccc1)[N+](C)(C)CCOCCOc1ccccc1. The Morgan fingerprint density at radius 2 is 1.42 bits per heavy atom. The van der Waals surface area contributed by atoms with Gasteiger partial charge in [0.2, 0.25) is 0 Å². The highest BCUT2D eigenvalue weighted by atomic mass is 16.5. The van der Waals surface area contributed by atoms with Crippen molar-refractivity contribution in [3.63, 3.8) is 0 Å². The second kappa shape index (κ2) is 10.3. The molecule has 142 valence electrons. The molecule has 3 heteroatoms. The minimum Gasteiger partial charge on any atom is -0.491 e. The highest BCUT2D eigenvalue weighted by Crippen LogP contribution is 2.31. The number of rotatable bonds is 11. The van der Waals surface area contributed by atoms with Crippen LogP contribution in [-0.4, -0.2) is 44.9 Å². The van der Waals surface area contributed by atoms with E-state index in [4.69, 9.17) is 9.47 Å². The summed E-state index contributed by atoms with van der Waals surface area (Å²) in [6, 6.07) is 21.2. The molecule has 0 radical (unpaired) electrons. The summed E-state index contributed by atoms with van der Waals surface area (Å²) in [7, 11) is 4.62. The molecule has 0 aliphatic rings. The largest absolute Gasteiger partial charge is 0.491 e. The Morgan fingerprint density at radius 1 is 0.808 bits per heavy atom. The molecule has 1 atom stereocenters. The molecule has 0 aliphatic heterocycles. The molecular weight excluding hydrogens is 322 g/mol. The van der Waals surface area contributed by atoms with Gasteiger partial charge in [0, 0.05) is 12.0 Å². The Hall–Kier alpha value is -1.84. The molecule has 0 spiro atoms. The highest BCUT2D eigenvalue weighted by Gasteiger charge is 2.30. The van der Waals surface area contributed by atoms with Gasteiger partial charge in [-0.25, -0.2) is 0 Å². The van der Waals surface area contributed by atoms with Crippen molar-refractivity contribution in [1.82, 2.24) is 0 Å². The van der Waals surface area contributed by atoms with Gasteiger partial charge in [-0.15, -0.1) is 0 Å². The lowest BCUT2D eigenvalue weighted by Crippen LogP contribution is -2.46. The maximum atomic E-state index is 5.84. The van der Waals surface area contributed by atoms with Crippen LogP contribution in [0.5, 0.6) is 5.75 Å². The summed E-state index contributed by atoms with van der Waals surface area (Å²) in [5.41, 5.74) is 1.42. The summed E-state index contributed by atoms with van der Waals surface area (Å²) in [4.78, 5) is 0. The maximum Gasteiger partial charge on any atom is 0.119 e. The number of nitrogens with zero attached hydrogens (tertiary/aromatic N) is 1. The van der Waals surface area contributed by atoms with Crippen molar-refractivity contribution in [1.29, 1.82) is 0 Å². The van der Waals surface area contributed by atoms with E-state index in [0.29, 0.717) is 25.2 Å². The van der Waals surface area contributed by atoms with Crippen LogP contribution >= 0.6 is 0 Å². The van der Waals surface area contributed by atoms with Crippen LogP contribution in [-0.2, 0) is 4.74 Å². The van der Waals surface area contributed by atoms with E-state index < -0.39 is 0 Å². The highest BCUT2D eigenvalue weighted by molar-refractivity contribution is 5.20. The lowest BCUT2D eigenvalue weighted by Gasteiger charge is -2.39. The van der Waals surface area contributed by atoms with E-state index in [1.807, 2.05) is 30.3 Å². The summed E-state index contributed by atoms with van der Waals surface area (Å²) in [6.45, 7) is 7.53. The second-order valence-corrected chi connectivity index (χ2v) is 7.83. The van der Waals surface area contributed by atoms with Crippen molar-refractivity contribution in [3.05, 3.63) is 66.2 Å². The number of para-hydroxylation sites is 1. The average molecular weight is 357 g/mol. The summed E-state index contributed by atoms with van der Waals surface area (Å²) >= 11 is 0. The van der Waals surface area contributed by atoms with Gasteiger partial charge in [-0.2, -0.15) is 0 Å². The van der Waals surface area contributed by atoms with Crippen molar-refractivity contribution < 1.29 is 14.0 Å². The fourth-order valence-electron chi connectivity index (χ4n) is 3.24. The van der Waals surface area contributed by atoms with Crippen LogP contribution in [0.2, 0.25) is 0 Å².